The van der Waals surface area contributed by atoms with Crippen LogP contribution in [0.15, 0.2) is 47.3 Å². The number of aromatic nitrogens is 2. The van der Waals surface area contributed by atoms with E-state index >= 15 is 0 Å². The molecule has 0 aliphatic heterocycles. The van der Waals surface area contributed by atoms with Crippen LogP contribution in [-0.2, 0) is 13.6 Å². The lowest BCUT2D eigenvalue weighted by molar-refractivity contribution is 0.0943. The number of nitrogens with zero attached hydrogens (tertiary/aromatic N) is 2. The molecule has 0 unspecified atom stereocenters. The lowest BCUT2D eigenvalue weighted by Crippen LogP contribution is -2.31. The van der Waals surface area contributed by atoms with Crippen molar-refractivity contribution >= 4 is 28.4 Å². The number of amides is 1. The number of hydrogen-bond acceptors (Lipinski definition) is 3. The van der Waals surface area contributed by atoms with Gasteiger partial charge >= 0.3 is 0 Å². The van der Waals surface area contributed by atoms with Crippen molar-refractivity contribution in [1.82, 2.24) is 15.1 Å². The first-order valence-corrected chi connectivity index (χ1v) is 7.53. The second-order valence-corrected chi connectivity index (χ2v) is 5.71. The van der Waals surface area contributed by atoms with Gasteiger partial charge < -0.3 is 5.32 Å². The third kappa shape index (κ3) is 3.14. The Labute approximate surface area is 141 Å². The molecule has 2 aromatic carbocycles. The molecule has 0 aliphatic rings. The van der Waals surface area contributed by atoms with Gasteiger partial charge in [-0.3, -0.25) is 14.3 Å². The Hall–Kier alpha value is -2.73. The van der Waals surface area contributed by atoms with Crippen molar-refractivity contribution in [1.29, 1.82) is 0 Å². The molecule has 1 amide bonds. The van der Waals surface area contributed by atoms with Crippen molar-refractivity contribution in [2.45, 2.75) is 6.54 Å². The van der Waals surface area contributed by atoms with Gasteiger partial charge in [-0.05, 0) is 35.9 Å². The quantitative estimate of drug-likeness (QED) is 0.793. The molecule has 122 valence electrons. The van der Waals surface area contributed by atoms with Gasteiger partial charge in [-0.15, -0.1) is 0 Å². The fraction of sp³-hybridized carbons (Fsp3) is 0.118. The molecule has 7 heteroatoms. The van der Waals surface area contributed by atoms with Crippen LogP contribution in [0.4, 0.5) is 4.39 Å². The predicted molar refractivity (Wildman–Crippen MR) is 89.6 cm³/mol. The Kier molecular flexibility index (Phi) is 4.31. The van der Waals surface area contributed by atoms with E-state index in [1.165, 1.54) is 22.9 Å². The van der Waals surface area contributed by atoms with Gasteiger partial charge in [0.2, 0.25) is 5.43 Å². The van der Waals surface area contributed by atoms with Gasteiger partial charge in [0.25, 0.3) is 5.91 Å². The van der Waals surface area contributed by atoms with Crippen LogP contribution in [0, 0.1) is 5.82 Å². The van der Waals surface area contributed by atoms with Crippen LogP contribution in [0.1, 0.15) is 16.1 Å². The smallest absolute Gasteiger partial charge is 0.276 e. The minimum absolute atomic E-state index is 0.0923. The van der Waals surface area contributed by atoms with Crippen LogP contribution in [0.2, 0.25) is 5.02 Å². The number of aryl methyl sites for hydroxylation is 1. The number of fused-ring (bicyclic) bond motifs is 1. The molecule has 0 bridgehead atoms. The highest BCUT2D eigenvalue weighted by Crippen LogP contribution is 2.15. The summed E-state index contributed by atoms with van der Waals surface area (Å²) in [6, 6.07) is 10.7. The molecule has 1 heterocycles. The Morgan fingerprint density at radius 2 is 2.08 bits per heavy atom. The summed E-state index contributed by atoms with van der Waals surface area (Å²) >= 11 is 5.93. The molecular weight excluding hydrogens is 333 g/mol. The minimum Gasteiger partial charge on any atom is -0.346 e. The standard InChI is InChI=1S/C17H13ClFN3O2/c1-22-14-6-5-11(18)8-13(14)16(23)15(21-22)17(24)20-9-10-3-2-4-12(19)7-10/h2-8H,9H2,1H3,(H,20,24). The van der Waals surface area contributed by atoms with Gasteiger partial charge in [0, 0.05) is 18.6 Å². The fourth-order valence-electron chi connectivity index (χ4n) is 2.41. The molecule has 0 radical (unpaired) electrons. The highest BCUT2D eigenvalue weighted by Gasteiger charge is 2.16. The lowest BCUT2D eigenvalue weighted by atomic mass is 10.2. The van der Waals surface area contributed by atoms with E-state index in [1.807, 2.05) is 0 Å². The number of halogens is 2. The third-order valence-electron chi connectivity index (χ3n) is 3.57. The van der Waals surface area contributed by atoms with Gasteiger partial charge in [-0.1, -0.05) is 23.7 Å². The normalized spacial score (nSPS) is 10.8. The summed E-state index contributed by atoms with van der Waals surface area (Å²) in [6.07, 6.45) is 0. The maximum atomic E-state index is 13.2. The summed E-state index contributed by atoms with van der Waals surface area (Å²) in [4.78, 5) is 24.8. The van der Waals surface area contributed by atoms with Gasteiger partial charge in [-0.25, -0.2) is 4.39 Å². The molecule has 5 nitrogen and oxygen atoms in total. The van der Waals surface area contributed by atoms with Crippen molar-refractivity contribution in [2.75, 3.05) is 0 Å². The van der Waals surface area contributed by atoms with Gasteiger partial charge in [0.05, 0.1) is 10.9 Å². The topological polar surface area (TPSA) is 64.0 Å². The molecule has 0 spiro atoms. The molecule has 1 N–H and O–H groups in total. The molecular formula is C17H13ClFN3O2. The molecule has 3 aromatic rings. The number of rotatable bonds is 3. The number of benzene rings is 2. The van der Waals surface area contributed by atoms with E-state index in [0.29, 0.717) is 21.5 Å². The largest absolute Gasteiger partial charge is 0.346 e. The van der Waals surface area contributed by atoms with Crippen molar-refractivity contribution in [3.05, 3.63) is 74.8 Å². The number of hydrogen-bond donors (Lipinski definition) is 1. The van der Waals surface area contributed by atoms with Crippen molar-refractivity contribution < 1.29 is 9.18 Å². The highest BCUT2D eigenvalue weighted by molar-refractivity contribution is 6.31. The summed E-state index contributed by atoms with van der Waals surface area (Å²) in [5, 5.41) is 7.33. The molecule has 0 saturated carbocycles. The highest BCUT2D eigenvalue weighted by atomic mass is 35.5. The molecule has 1 aromatic heterocycles. The van der Waals surface area contributed by atoms with E-state index in [-0.39, 0.29) is 12.2 Å². The van der Waals surface area contributed by atoms with Crippen LogP contribution in [-0.4, -0.2) is 15.7 Å². The Morgan fingerprint density at radius 1 is 1.29 bits per heavy atom. The monoisotopic (exact) mass is 345 g/mol. The number of carbonyl (C=O) groups is 1. The zero-order valence-corrected chi connectivity index (χ0v) is 13.5. The number of nitrogens with one attached hydrogen (secondary N) is 1. The van der Waals surface area contributed by atoms with Crippen LogP contribution >= 0.6 is 11.6 Å². The maximum absolute atomic E-state index is 13.2. The fourth-order valence-corrected chi connectivity index (χ4v) is 2.58. The second-order valence-electron chi connectivity index (χ2n) is 5.28. The van der Waals surface area contributed by atoms with Crippen molar-refractivity contribution in [2.24, 2.45) is 7.05 Å². The Bertz CT molecular complexity index is 1000. The van der Waals surface area contributed by atoms with E-state index < -0.39 is 17.2 Å². The summed E-state index contributed by atoms with van der Waals surface area (Å²) < 4.78 is 14.6. The van der Waals surface area contributed by atoms with Crippen molar-refractivity contribution in [3.8, 4) is 0 Å². The molecule has 0 saturated heterocycles. The van der Waals surface area contributed by atoms with Gasteiger partial charge in [-0.2, -0.15) is 5.10 Å². The van der Waals surface area contributed by atoms with Crippen LogP contribution in [0.3, 0.4) is 0 Å². The summed E-state index contributed by atoms with van der Waals surface area (Å²) in [5.41, 5.74) is 0.432. The molecule has 24 heavy (non-hydrogen) atoms. The van der Waals surface area contributed by atoms with Crippen LogP contribution in [0.25, 0.3) is 10.9 Å². The van der Waals surface area contributed by atoms with E-state index in [9.17, 15) is 14.0 Å². The molecule has 0 atom stereocenters. The zero-order chi connectivity index (χ0) is 17.3. The van der Waals surface area contributed by atoms with E-state index in [0.717, 1.165) is 0 Å². The minimum atomic E-state index is -0.623. The zero-order valence-electron chi connectivity index (χ0n) is 12.7. The Morgan fingerprint density at radius 3 is 2.83 bits per heavy atom. The van der Waals surface area contributed by atoms with Crippen LogP contribution in [0.5, 0.6) is 0 Å². The number of carbonyl (C=O) groups excluding carboxylic acids is 1. The SMILES string of the molecule is Cn1nc(C(=O)NCc2cccc(F)c2)c(=O)c2cc(Cl)ccc21. The van der Waals surface area contributed by atoms with E-state index in [1.54, 1.807) is 31.3 Å². The predicted octanol–water partition coefficient (Wildman–Crippen LogP) is 2.66. The summed E-state index contributed by atoms with van der Waals surface area (Å²) in [6.45, 7) is 0.0923. The first-order valence-electron chi connectivity index (χ1n) is 7.15. The first kappa shape index (κ1) is 16.1. The first-order chi connectivity index (χ1) is 11.5. The average Bonchev–Trinajstić information content (AvgIpc) is 2.56. The maximum Gasteiger partial charge on any atom is 0.276 e. The van der Waals surface area contributed by atoms with E-state index in [4.69, 9.17) is 11.6 Å². The summed E-state index contributed by atoms with van der Waals surface area (Å²) in [5.74, 6) is -1.02. The molecule has 0 fully saturated rings. The third-order valence-corrected chi connectivity index (χ3v) is 3.81. The average molecular weight is 346 g/mol. The molecule has 0 aliphatic carbocycles. The van der Waals surface area contributed by atoms with Crippen molar-refractivity contribution in [3.63, 3.8) is 0 Å². The van der Waals surface area contributed by atoms with Gasteiger partial charge in [0.15, 0.2) is 5.69 Å². The lowest BCUT2D eigenvalue weighted by Gasteiger charge is -2.09. The Balaban J connectivity index is 1.92. The summed E-state index contributed by atoms with van der Waals surface area (Å²) in [7, 11) is 1.64. The van der Waals surface area contributed by atoms with E-state index in [2.05, 4.69) is 10.4 Å². The molecule has 3 rings (SSSR count). The second kappa shape index (κ2) is 6.41. The van der Waals surface area contributed by atoms with Crippen LogP contribution < -0.4 is 10.7 Å². The van der Waals surface area contributed by atoms with Gasteiger partial charge in [0.1, 0.15) is 5.82 Å².